The van der Waals surface area contributed by atoms with Gasteiger partial charge < -0.3 is 9.84 Å². The van der Waals surface area contributed by atoms with E-state index in [-0.39, 0.29) is 5.75 Å². The summed E-state index contributed by atoms with van der Waals surface area (Å²) < 4.78 is 6.86. The van der Waals surface area contributed by atoms with Gasteiger partial charge in [-0.15, -0.1) is 5.10 Å². The molecule has 0 unspecified atom stereocenters. The first kappa shape index (κ1) is 10.6. The standard InChI is InChI=1S/C13H11N3O2/c1-18-12-4-2-3-11-14-13(15-16(11)12)9-5-7-10(17)8-6-9/h2-8,17H,1H3. The molecule has 0 spiro atoms. The molecule has 0 amide bonds. The average molecular weight is 241 g/mol. The maximum Gasteiger partial charge on any atom is 0.216 e. The summed E-state index contributed by atoms with van der Waals surface area (Å²) in [5.74, 6) is 1.45. The minimum absolute atomic E-state index is 0.222. The molecule has 18 heavy (non-hydrogen) atoms. The van der Waals surface area contributed by atoms with Crippen LogP contribution >= 0.6 is 0 Å². The zero-order valence-electron chi connectivity index (χ0n) is 9.74. The summed E-state index contributed by atoms with van der Waals surface area (Å²) in [5.41, 5.74) is 1.57. The third-order valence-electron chi connectivity index (χ3n) is 2.66. The summed E-state index contributed by atoms with van der Waals surface area (Å²) in [6.45, 7) is 0. The minimum Gasteiger partial charge on any atom is -0.508 e. The number of ether oxygens (including phenoxy) is 1. The fourth-order valence-electron chi connectivity index (χ4n) is 1.77. The van der Waals surface area contributed by atoms with Gasteiger partial charge in [-0.05, 0) is 30.3 Å². The molecule has 0 saturated heterocycles. The van der Waals surface area contributed by atoms with Gasteiger partial charge in [0.25, 0.3) is 0 Å². The second-order valence-corrected chi connectivity index (χ2v) is 3.82. The van der Waals surface area contributed by atoms with Crippen molar-refractivity contribution in [2.24, 2.45) is 0 Å². The van der Waals surface area contributed by atoms with E-state index >= 15 is 0 Å². The Bertz CT molecular complexity index is 689. The lowest BCUT2D eigenvalue weighted by Gasteiger charge is -1.99. The predicted molar refractivity (Wildman–Crippen MR) is 66.6 cm³/mol. The molecule has 0 radical (unpaired) electrons. The third kappa shape index (κ3) is 1.66. The van der Waals surface area contributed by atoms with Crippen LogP contribution in [0.5, 0.6) is 11.6 Å². The molecule has 2 aromatic heterocycles. The molecular weight excluding hydrogens is 230 g/mol. The maximum atomic E-state index is 9.26. The second kappa shape index (κ2) is 4.03. The highest BCUT2D eigenvalue weighted by atomic mass is 16.5. The van der Waals surface area contributed by atoms with Crippen LogP contribution < -0.4 is 4.74 Å². The molecule has 0 fully saturated rings. The first-order valence-corrected chi connectivity index (χ1v) is 5.47. The number of hydrogen-bond donors (Lipinski definition) is 1. The van der Waals surface area contributed by atoms with Crippen molar-refractivity contribution in [3.05, 3.63) is 42.5 Å². The number of phenols is 1. The number of aromatic hydroxyl groups is 1. The fraction of sp³-hybridized carbons (Fsp3) is 0.0769. The number of pyridine rings is 1. The van der Waals surface area contributed by atoms with E-state index in [4.69, 9.17) is 4.74 Å². The van der Waals surface area contributed by atoms with Gasteiger partial charge in [0.15, 0.2) is 11.5 Å². The van der Waals surface area contributed by atoms with Gasteiger partial charge in [-0.3, -0.25) is 0 Å². The number of nitrogens with zero attached hydrogens (tertiary/aromatic N) is 3. The maximum absolute atomic E-state index is 9.26. The number of fused-ring (bicyclic) bond motifs is 1. The summed E-state index contributed by atoms with van der Waals surface area (Å²) in [6, 6.07) is 12.3. The van der Waals surface area contributed by atoms with Crippen LogP contribution in [0.4, 0.5) is 0 Å². The van der Waals surface area contributed by atoms with Crippen LogP contribution in [-0.2, 0) is 0 Å². The molecule has 3 rings (SSSR count). The van der Waals surface area contributed by atoms with Gasteiger partial charge in [0.05, 0.1) is 7.11 Å². The zero-order chi connectivity index (χ0) is 12.5. The molecular formula is C13H11N3O2. The molecule has 0 bridgehead atoms. The number of phenolic OH excluding ortho intramolecular Hbond substituents is 1. The number of rotatable bonds is 2. The quantitative estimate of drug-likeness (QED) is 0.746. The molecule has 0 atom stereocenters. The van der Waals surface area contributed by atoms with Crippen molar-refractivity contribution >= 4 is 5.65 Å². The van der Waals surface area contributed by atoms with Gasteiger partial charge in [-0.25, -0.2) is 4.98 Å². The Morgan fingerprint density at radius 3 is 2.61 bits per heavy atom. The molecule has 90 valence electrons. The highest BCUT2D eigenvalue weighted by Gasteiger charge is 2.08. The zero-order valence-corrected chi connectivity index (χ0v) is 9.74. The summed E-state index contributed by atoms with van der Waals surface area (Å²) >= 11 is 0. The summed E-state index contributed by atoms with van der Waals surface area (Å²) in [6.07, 6.45) is 0. The highest BCUT2D eigenvalue weighted by molar-refractivity contribution is 5.59. The van der Waals surface area contributed by atoms with Crippen molar-refractivity contribution in [1.29, 1.82) is 0 Å². The Kier molecular flexibility index (Phi) is 2.37. The molecule has 2 heterocycles. The van der Waals surface area contributed by atoms with Crippen LogP contribution in [-0.4, -0.2) is 26.8 Å². The summed E-state index contributed by atoms with van der Waals surface area (Å²) in [7, 11) is 1.59. The SMILES string of the molecule is COc1cccc2nc(-c3ccc(O)cc3)nn12. The Labute approximate surface area is 103 Å². The van der Waals surface area contributed by atoms with Crippen LogP contribution in [0.3, 0.4) is 0 Å². The third-order valence-corrected chi connectivity index (χ3v) is 2.66. The number of hydrogen-bond acceptors (Lipinski definition) is 4. The van der Waals surface area contributed by atoms with Crippen molar-refractivity contribution in [3.8, 4) is 23.0 Å². The Hall–Kier alpha value is -2.56. The lowest BCUT2D eigenvalue weighted by atomic mass is 10.2. The van der Waals surface area contributed by atoms with Gasteiger partial charge in [-0.2, -0.15) is 4.52 Å². The smallest absolute Gasteiger partial charge is 0.216 e. The summed E-state index contributed by atoms with van der Waals surface area (Å²) in [5, 5.41) is 13.6. The number of benzene rings is 1. The van der Waals surface area contributed by atoms with Gasteiger partial charge in [0.2, 0.25) is 5.88 Å². The van der Waals surface area contributed by atoms with Crippen LogP contribution in [0.15, 0.2) is 42.5 Å². The topological polar surface area (TPSA) is 59.7 Å². The van der Waals surface area contributed by atoms with Crippen molar-refractivity contribution in [2.75, 3.05) is 7.11 Å². The predicted octanol–water partition coefficient (Wildman–Crippen LogP) is 2.11. The number of methoxy groups -OCH3 is 1. The van der Waals surface area contributed by atoms with Crippen LogP contribution in [0.2, 0.25) is 0 Å². The van der Waals surface area contributed by atoms with Crippen LogP contribution in [0.25, 0.3) is 17.0 Å². The molecule has 0 aliphatic carbocycles. The van der Waals surface area contributed by atoms with Crippen molar-refractivity contribution in [2.45, 2.75) is 0 Å². The van der Waals surface area contributed by atoms with E-state index in [1.807, 2.05) is 18.2 Å². The molecule has 3 aromatic rings. The van der Waals surface area contributed by atoms with Crippen molar-refractivity contribution in [3.63, 3.8) is 0 Å². The second-order valence-electron chi connectivity index (χ2n) is 3.82. The van der Waals surface area contributed by atoms with Crippen molar-refractivity contribution < 1.29 is 9.84 Å². The van der Waals surface area contributed by atoms with Gasteiger partial charge in [0, 0.05) is 11.6 Å². The Morgan fingerprint density at radius 1 is 1.11 bits per heavy atom. The first-order chi connectivity index (χ1) is 8.78. The van der Waals surface area contributed by atoms with Gasteiger partial charge in [0.1, 0.15) is 5.75 Å². The monoisotopic (exact) mass is 241 g/mol. The summed E-state index contributed by atoms with van der Waals surface area (Å²) in [4.78, 5) is 4.41. The van der Waals surface area contributed by atoms with E-state index in [1.54, 1.807) is 35.9 Å². The Balaban J connectivity index is 2.16. The van der Waals surface area contributed by atoms with E-state index in [1.165, 1.54) is 0 Å². The number of aromatic nitrogens is 3. The lowest BCUT2D eigenvalue weighted by molar-refractivity contribution is 0.386. The largest absolute Gasteiger partial charge is 0.508 e. The average Bonchev–Trinajstić information content (AvgIpc) is 2.83. The van der Waals surface area contributed by atoms with E-state index in [0.29, 0.717) is 11.7 Å². The van der Waals surface area contributed by atoms with Crippen molar-refractivity contribution in [1.82, 2.24) is 14.6 Å². The lowest BCUT2D eigenvalue weighted by Crippen LogP contribution is -1.94. The molecule has 0 aliphatic heterocycles. The van der Waals surface area contributed by atoms with Crippen LogP contribution in [0.1, 0.15) is 0 Å². The van der Waals surface area contributed by atoms with Gasteiger partial charge in [-0.1, -0.05) is 6.07 Å². The van der Waals surface area contributed by atoms with E-state index in [2.05, 4.69) is 10.1 Å². The Morgan fingerprint density at radius 2 is 1.89 bits per heavy atom. The molecule has 0 saturated carbocycles. The normalized spacial score (nSPS) is 10.7. The molecule has 0 aliphatic rings. The van der Waals surface area contributed by atoms with Gasteiger partial charge >= 0.3 is 0 Å². The molecule has 5 heteroatoms. The highest BCUT2D eigenvalue weighted by Crippen LogP contribution is 2.21. The first-order valence-electron chi connectivity index (χ1n) is 5.47. The molecule has 1 aromatic carbocycles. The van der Waals surface area contributed by atoms with E-state index in [0.717, 1.165) is 11.2 Å². The van der Waals surface area contributed by atoms with E-state index in [9.17, 15) is 5.11 Å². The van der Waals surface area contributed by atoms with Crippen LogP contribution in [0, 0.1) is 0 Å². The fourth-order valence-corrected chi connectivity index (χ4v) is 1.77. The minimum atomic E-state index is 0.222. The molecule has 5 nitrogen and oxygen atoms in total. The van der Waals surface area contributed by atoms with E-state index < -0.39 is 0 Å². The molecule has 1 N–H and O–H groups in total.